The molecule has 0 aromatic carbocycles. The maximum absolute atomic E-state index is 9.07. The van der Waals surface area contributed by atoms with E-state index < -0.39 is 0 Å². The second-order valence-electron chi connectivity index (χ2n) is 18.5. The Labute approximate surface area is 394 Å². The summed E-state index contributed by atoms with van der Waals surface area (Å²) in [4.78, 5) is 0. The van der Waals surface area contributed by atoms with Crippen LogP contribution >= 0.6 is 49.6 Å². The molecule has 10 atom stereocenters. The van der Waals surface area contributed by atoms with E-state index in [4.69, 9.17) is 55.9 Å². The van der Waals surface area contributed by atoms with E-state index in [1.165, 1.54) is 128 Å². The van der Waals surface area contributed by atoms with Crippen LogP contribution in [0.2, 0.25) is 13.6 Å². The molecule has 0 amide bonds. The van der Waals surface area contributed by atoms with Crippen LogP contribution in [0.25, 0.3) is 0 Å². The van der Waals surface area contributed by atoms with Crippen LogP contribution in [0, 0.1) is 59.2 Å². The van der Waals surface area contributed by atoms with E-state index in [-0.39, 0.29) is 63.7 Å². The van der Waals surface area contributed by atoms with Crippen molar-refractivity contribution in [3.05, 3.63) is 0 Å². The van der Waals surface area contributed by atoms with Crippen molar-refractivity contribution in [1.82, 2.24) is 10.5 Å². The Morgan fingerprint density at radius 3 is 0.633 bits per heavy atom. The maximum Gasteiger partial charge on any atom is 0.373 e. The topological polar surface area (TPSA) is 273 Å². The first-order valence-electron chi connectivity index (χ1n) is 23.5. The van der Waals surface area contributed by atoms with Crippen LogP contribution in [0.4, 0.5) is 0 Å². The average molecular weight is 941 g/mol. The van der Waals surface area contributed by atoms with Gasteiger partial charge in [0.25, 0.3) is 0 Å². The number of halogens is 4. The van der Waals surface area contributed by atoms with Crippen LogP contribution in [0.15, 0.2) is 0 Å². The molecule has 60 heavy (non-hydrogen) atoms. The maximum atomic E-state index is 9.07. The molecule has 5 fully saturated rings. The molecule has 5 saturated carbocycles. The van der Waals surface area contributed by atoms with Gasteiger partial charge in [-0.1, -0.05) is 32.1 Å². The second kappa shape index (κ2) is 43.7. The molecular weight excluding hydrogens is 840 g/mol. The number of nitrogens with one attached hydrogen (secondary N) is 2. The quantitative estimate of drug-likeness (QED) is 0.106. The number of rotatable bonds is 14. The fraction of sp³-hybridized carbons (Fsp3) is 1.00. The Kier molecular flexibility index (Phi) is 49.1. The lowest BCUT2D eigenvalue weighted by molar-refractivity contribution is 0.270. The van der Waals surface area contributed by atoms with Crippen molar-refractivity contribution < 1.29 is 10.0 Å². The second-order valence-corrected chi connectivity index (χ2v) is 18.5. The summed E-state index contributed by atoms with van der Waals surface area (Å²) in [5, 5.41) is 24.3. The van der Waals surface area contributed by atoms with Crippen LogP contribution in [0.5, 0.6) is 0 Å². The number of hydrogen-bond acceptors (Lipinski definition) is 12. The van der Waals surface area contributed by atoms with Gasteiger partial charge < -0.3 is 66.4 Å². The minimum absolute atomic E-state index is 0. The summed E-state index contributed by atoms with van der Waals surface area (Å²) < 4.78 is 0. The Morgan fingerprint density at radius 2 is 0.483 bits per heavy atom. The summed E-state index contributed by atoms with van der Waals surface area (Å²) in [6, 6.07) is 0. The van der Waals surface area contributed by atoms with Crippen LogP contribution in [0.1, 0.15) is 128 Å². The molecule has 364 valence electrons. The monoisotopic (exact) mass is 939 g/mol. The smallest absolute Gasteiger partial charge is 0.373 e. The first kappa shape index (κ1) is 67.4. The van der Waals surface area contributed by atoms with Gasteiger partial charge in [0.05, 0.1) is 0 Å². The largest absolute Gasteiger partial charge is 0.437 e. The van der Waals surface area contributed by atoms with Crippen LogP contribution in [-0.4, -0.2) is 89.6 Å². The highest BCUT2D eigenvalue weighted by Gasteiger charge is 2.23. The summed E-state index contributed by atoms with van der Waals surface area (Å²) in [6.07, 6.45) is 26.0. The number of nitrogens with two attached hydrogens (primary N) is 8. The van der Waals surface area contributed by atoms with Crippen LogP contribution in [0.3, 0.4) is 0 Å². The minimum atomic E-state index is -0.377. The first-order chi connectivity index (χ1) is 27.0. The van der Waals surface area contributed by atoms with Gasteiger partial charge in [0.1, 0.15) is 0 Å². The lowest BCUT2D eigenvalue weighted by atomic mass is 9.79. The van der Waals surface area contributed by atoms with Gasteiger partial charge in [-0.05, 0) is 235 Å². The molecule has 0 bridgehead atoms. The Morgan fingerprint density at radius 1 is 0.333 bits per heavy atom. The standard InChI is InChI=1S/2C9H21BN2O.3C8H18N2.4ClH/c2*1-10(13)12-7-9-4-2-3-8(5-9)6-11;3*9-5-7-2-1-3-8(4-7)6-10;;;;/h2*8-9,12-13H,2-7,11H2,1H3;3*7-8H,1-6,9-10H2;4*1H/t8-,9+;8-,9-;7-,8+;7-,8-;;;;;/m10.0...../s1. The third kappa shape index (κ3) is 33.3. The predicted molar refractivity (Wildman–Crippen MR) is 272 cm³/mol. The summed E-state index contributed by atoms with van der Waals surface area (Å²) in [6.45, 7) is 12.2. The van der Waals surface area contributed by atoms with Crippen LogP contribution in [-0.2, 0) is 0 Å². The van der Waals surface area contributed by atoms with Crippen molar-refractivity contribution in [3.8, 4) is 0 Å². The van der Waals surface area contributed by atoms with Gasteiger partial charge in [-0.15, -0.1) is 49.6 Å². The van der Waals surface area contributed by atoms with Crippen molar-refractivity contribution in [2.75, 3.05) is 65.4 Å². The van der Waals surface area contributed by atoms with E-state index in [0.717, 1.165) is 125 Å². The first-order valence-corrected chi connectivity index (χ1v) is 23.5. The normalized spacial score (nSPS) is 29.6. The zero-order valence-electron chi connectivity index (χ0n) is 38.3. The van der Waals surface area contributed by atoms with E-state index >= 15 is 0 Å². The molecule has 0 aromatic heterocycles. The van der Waals surface area contributed by atoms with Gasteiger partial charge in [0, 0.05) is 0 Å². The highest BCUT2D eigenvalue weighted by atomic mass is 35.5. The van der Waals surface area contributed by atoms with E-state index in [9.17, 15) is 0 Å². The molecule has 0 radical (unpaired) electrons. The molecule has 0 saturated heterocycles. The molecule has 5 rings (SSSR count). The third-order valence-electron chi connectivity index (χ3n) is 13.5. The van der Waals surface area contributed by atoms with Crippen molar-refractivity contribution in [3.63, 3.8) is 0 Å². The molecule has 0 spiro atoms. The predicted octanol–water partition coefficient (Wildman–Crippen LogP) is 4.72. The van der Waals surface area contributed by atoms with Gasteiger partial charge >= 0.3 is 14.1 Å². The molecular formula is C42H100B2Cl4N10O2. The highest BCUT2D eigenvalue weighted by Crippen LogP contribution is 2.30. The van der Waals surface area contributed by atoms with Crippen molar-refractivity contribution in [2.24, 2.45) is 105 Å². The van der Waals surface area contributed by atoms with Gasteiger partial charge in [-0.2, -0.15) is 0 Å². The van der Waals surface area contributed by atoms with Crippen molar-refractivity contribution >= 4 is 63.7 Å². The zero-order valence-corrected chi connectivity index (χ0v) is 41.6. The summed E-state index contributed by atoms with van der Waals surface area (Å²) in [5.41, 5.74) is 44.8. The molecule has 5 aliphatic carbocycles. The Hall–Kier alpha value is 0.810. The fourth-order valence-corrected chi connectivity index (χ4v) is 9.77. The molecule has 18 heteroatoms. The molecule has 0 heterocycles. The lowest BCUT2D eigenvalue weighted by Crippen LogP contribution is -2.37. The average Bonchev–Trinajstić information content (AvgIpc) is 3.25. The van der Waals surface area contributed by atoms with E-state index in [1.807, 2.05) is 0 Å². The Bertz CT molecular complexity index is 788. The van der Waals surface area contributed by atoms with Gasteiger partial charge in [-0.3, -0.25) is 0 Å². The Balaban J connectivity index is -0.000000323. The van der Waals surface area contributed by atoms with E-state index in [2.05, 4.69) is 10.5 Å². The molecule has 2 unspecified atom stereocenters. The fourth-order valence-electron chi connectivity index (χ4n) is 9.77. The van der Waals surface area contributed by atoms with Gasteiger partial charge in [0.15, 0.2) is 0 Å². The number of hydrogen-bond donors (Lipinski definition) is 12. The summed E-state index contributed by atoms with van der Waals surface area (Å²) >= 11 is 0. The SMILES string of the molecule is CB(O)NC[C@H]1CCC[C@@H](CN)C1.CB(O)NC[C@H]1CCC[C@H](CN)C1.Cl.Cl.Cl.Cl.NCC1CCCC(CN)C1.NC[C@@H]1CCC[C@H](CN)C1.NC[C@H]1CCC[C@H](CN)C1. The summed E-state index contributed by atoms with van der Waals surface area (Å²) in [7, 11) is -0.753. The van der Waals surface area contributed by atoms with E-state index in [0.29, 0.717) is 0 Å². The van der Waals surface area contributed by atoms with Gasteiger partial charge in [-0.25, -0.2) is 0 Å². The molecule has 20 N–H and O–H groups in total. The highest BCUT2D eigenvalue weighted by molar-refractivity contribution is 6.45. The van der Waals surface area contributed by atoms with Crippen molar-refractivity contribution in [1.29, 1.82) is 0 Å². The molecule has 0 aromatic rings. The van der Waals surface area contributed by atoms with Crippen LogP contribution < -0.4 is 56.3 Å². The summed E-state index contributed by atoms with van der Waals surface area (Å²) in [5.74, 6) is 7.47. The molecule has 12 nitrogen and oxygen atoms in total. The zero-order chi connectivity index (χ0) is 41.6. The lowest BCUT2D eigenvalue weighted by Gasteiger charge is -2.28. The van der Waals surface area contributed by atoms with Gasteiger partial charge in [0.2, 0.25) is 0 Å². The van der Waals surface area contributed by atoms with E-state index in [1.54, 1.807) is 13.6 Å². The minimum Gasteiger partial charge on any atom is -0.437 e. The molecule has 0 aliphatic heterocycles. The molecule has 5 aliphatic rings. The third-order valence-corrected chi connectivity index (χ3v) is 13.5. The van der Waals surface area contributed by atoms with Crippen molar-refractivity contribution in [2.45, 2.75) is 142 Å².